The van der Waals surface area contributed by atoms with Gasteiger partial charge in [0, 0.05) is 0 Å². The summed E-state index contributed by atoms with van der Waals surface area (Å²) in [5.74, 6) is -1.87. The molecule has 0 N–H and O–H groups in total. The molecule has 1 aliphatic rings. The summed E-state index contributed by atoms with van der Waals surface area (Å²) >= 11 is 0. The van der Waals surface area contributed by atoms with E-state index in [2.05, 4.69) is 0 Å². The fraction of sp³-hybridized carbons (Fsp3) is 0.600. The van der Waals surface area contributed by atoms with Crippen molar-refractivity contribution >= 4 is 0 Å². The fourth-order valence-corrected chi connectivity index (χ4v) is 3.61. The molecule has 2 rings (SSSR count). The molecule has 0 saturated heterocycles. The van der Waals surface area contributed by atoms with E-state index in [1.54, 1.807) is 13.0 Å². The summed E-state index contributed by atoms with van der Waals surface area (Å²) in [6.45, 7) is 0.995. The predicted octanol–water partition coefficient (Wildman–Crippen LogP) is 6.63. The Morgan fingerprint density at radius 2 is 1.88 bits per heavy atom. The van der Waals surface area contributed by atoms with Crippen LogP contribution in [0.5, 0.6) is 5.75 Å². The third-order valence-electron chi connectivity index (χ3n) is 4.97. The summed E-state index contributed by atoms with van der Waals surface area (Å²) < 4.78 is 58.1. The number of ether oxygens (including phenoxy) is 1. The first kappa shape index (κ1) is 19.8. The maximum absolute atomic E-state index is 14.3. The molecule has 0 unspecified atom stereocenters. The summed E-state index contributed by atoms with van der Waals surface area (Å²) in [7, 11) is 0. The highest BCUT2D eigenvalue weighted by atomic mass is 19.2. The van der Waals surface area contributed by atoms with E-state index in [9.17, 15) is 17.6 Å². The fourth-order valence-electron chi connectivity index (χ4n) is 3.61. The molecule has 0 amide bonds. The van der Waals surface area contributed by atoms with Crippen molar-refractivity contribution in [3.05, 3.63) is 41.2 Å². The van der Waals surface area contributed by atoms with Gasteiger partial charge in [-0.3, -0.25) is 0 Å². The van der Waals surface area contributed by atoms with Gasteiger partial charge in [-0.25, -0.2) is 13.2 Å². The Balaban J connectivity index is 1.85. The van der Waals surface area contributed by atoms with E-state index >= 15 is 0 Å². The number of rotatable bonds is 8. The van der Waals surface area contributed by atoms with Crippen LogP contribution in [0.15, 0.2) is 24.0 Å². The smallest absolute Gasteiger partial charge is 0.200 e. The summed E-state index contributed by atoms with van der Waals surface area (Å²) in [4.78, 5) is 0. The number of allylic oxidation sites excluding steroid dienone is 2. The van der Waals surface area contributed by atoms with E-state index in [0.717, 1.165) is 38.5 Å². The van der Waals surface area contributed by atoms with Crippen molar-refractivity contribution in [2.75, 3.05) is 13.3 Å². The van der Waals surface area contributed by atoms with Crippen LogP contribution in [0.2, 0.25) is 0 Å². The molecule has 1 nitrogen and oxygen atoms in total. The Labute approximate surface area is 147 Å². The van der Waals surface area contributed by atoms with Gasteiger partial charge in [0.15, 0.2) is 11.6 Å². The zero-order chi connectivity index (χ0) is 18.2. The first-order valence-corrected chi connectivity index (χ1v) is 9.08. The van der Waals surface area contributed by atoms with Crippen LogP contribution in [0.1, 0.15) is 63.4 Å². The lowest BCUT2D eigenvalue weighted by atomic mass is 9.77. The zero-order valence-electron chi connectivity index (χ0n) is 14.7. The van der Waals surface area contributed by atoms with Crippen molar-refractivity contribution < 1.29 is 22.3 Å². The second-order valence-corrected chi connectivity index (χ2v) is 6.65. The second-order valence-electron chi connectivity index (χ2n) is 6.65. The Morgan fingerprint density at radius 1 is 1.16 bits per heavy atom. The predicted molar refractivity (Wildman–Crippen MR) is 91.2 cm³/mol. The number of hydrogen-bond acceptors (Lipinski definition) is 1. The molecule has 0 spiro atoms. The second kappa shape index (κ2) is 9.83. The Morgan fingerprint density at radius 3 is 2.52 bits per heavy atom. The standard InChI is InChI=1S/C20H26F4O/c1-2-25-18-12-11-17(19(23)20(18)24)15-9-7-14(8-10-15)5-3-4-6-16(22)13-21/h6,11-12,14-15H,2-5,7-10,13H2,1H3. The highest BCUT2D eigenvalue weighted by Gasteiger charge is 2.26. The van der Waals surface area contributed by atoms with Gasteiger partial charge in [0.25, 0.3) is 0 Å². The van der Waals surface area contributed by atoms with Crippen LogP contribution in [-0.4, -0.2) is 13.3 Å². The van der Waals surface area contributed by atoms with Crippen molar-refractivity contribution in [1.29, 1.82) is 0 Å². The molecule has 1 aromatic carbocycles. The highest BCUT2D eigenvalue weighted by Crippen LogP contribution is 2.40. The Hall–Kier alpha value is -1.52. The molecule has 0 aliphatic heterocycles. The van der Waals surface area contributed by atoms with Crippen LogP contribution >= 0.6 is 0 Å². The number of unbranched alkanes of at least 4 members (excludes halogenated alkanes) is 1. The molecule has 1 aliphatic carbocycles. The van der Waals surface area contributed by atoms with Crippen LogP contribution < -0.4 is 4.74 Å². The number of benzene rings is 1. The van der Waals surface area contributed by atoms with E-state index in [1.165, 1.54) is 12.1 Å². The third kappa shape index (κ3) is 5.48. The van der Waals surface area contributed by atoms with Crippen LogP contribution in [0.3, 0.4) is 0 Å². The van der Waals surface area contributed by atoms with Gasteiger partial charge in [-0.2, -0.15) is 4.39 Å². The summed E-state index contributed by atoms with van der Waals surface area (Å²) in [5, 5.41) is 0. The van der Waals surface area contributed by atoms with Crippen molar-refractivity contribution in [1.82, 2.24) is 0 Å². The van der Waals surface area contributed by atoms with Crippen LogP contribution in [0.25, 0.3) is 0 Å². The topological polar surface area (TPSA) is 9.23 Å². The van der Waals surface area contributed by atoms with Crippen LogP contribution in [-0.2, 0) is 0 Å². The van der Waals surface area contributed by atoms with Gasteiger partial charge in [0.1, 0.15) is 12.5 Å². The lowest BCUT2D eigenvalue weighted by Crippen LogP contribution is -2.15. The van der Waals surface area contributed by atoms with Gasteiger partial charge in [-0.1, -0.05) is 18.6 Å². The molecule has 0 radical (unpaired) electrons. The van der Waals surface area contributed by atoms with Gasteiger partial charge in [0.05, 0.1) is 6.61 Å². The maximum atomic E-state index is 14.3. The van der Waals surface area contributed by atoms with Gasteiger partial charge in [-0.05, 0) is 68.9 Å². The average molecular weight is 358 g/mol. The molecule has 0 bridgehead atoms. The van der Waals surface area contributed by atoms with Gasteiger partial charge < -0.3 is 4.74 Å². The molecule has 0 atom stereocenters. The first-order chi connectivity index (χ1) is 12.1. The molecule has 1 aromatic rings. The SMILES string of the molecule is CCOc1ccc(C2CCC(CCCC=C(F)CF)CC2)c(F)c1F. The molecule has 1 fully saturated rings. The van der Waals surface area contributed by atoms with Crippen molar-refractivity contribution in [3.63, 3.8) is 0 Å². The van der Waals surface area contributed by atoms with Crippen molar-refractivity contribution in [2.24, 2.45) is 5.92 Å². The van der Waals surface area contributed by atoms with Gasteiger partial charge in [0.2, 0.25) is 5.82 Å². The zero-order valence-corrected chi connectivity index (χ0v) is 14.7. The maximum Gasteiger partial charge on any atom is 0.200 e. The number of alkyl halides is 1. The molecule has 140 valence electrons. The van der Waals surface area contributed by atoms with Crippen molar-refractivity contribution in [3.8, 4) is 5.75 Å². The minimum Gasteiger partial charge on any atom is -0.491 e. The van der Waals surface area contributed by atoms with E-state index in [0.29, 0.717) is 24.5 Å². The molecule has 0 heterocycles. The van der Waals surface area contributed by atoms with E-state index < -0.39 is 24.1 Å². The number of hydrogen-bond donors (Lipinski definition) is 0. The molecule has 5 heteroatoms. The summed E-state index contributed by atoms with van der Waals surface area (Å²) in [6, 6.07) is 3.15. The highest BCUT2D eigenvalue weighted by molar-refractivity contribution is 5.33. The van der Waals surface area contributed by atoms with Gasteiger partial charge >= 0.3 is 0 Å². The van der Waals surface area contributed by atoms with Crippen LogP contribution in [0, 0.1) is 17.6 Å². The van der Waals surface area contributed by atoms with E-state index in [-0.39, 0.29) is 11.7 Å². The molecule has 1 saturated carbocycles. The number of halogens is 4. The third-order valence-corrected chi connectivity index (χ3v) is 4.97. The lowest BCUT2D eigenvalue weighted by molar-refractivity contribution is 0.294. The average Bonchev–Trinajstić information content (AvgIpc) is 2.63. The van der Waals surface area contributed by atoms with Crippen molar-refractivity contribution in [2.45, 2.75) is 57.8 Å². The molecular formula is C20H26F4O. The van der Waals surface area contributed by atoms with Crippen LogP contribution in [0.4, 0.5) is 17.6 Å². The first-order valence-electron chi connectivity index (χ1n) is 9.08. The van der Waals surface area contributed by atoms with E-state index in [4.69, 9.17) is 4.74 Å². The summed E-state index contributed by atoms with van der Waals surface area (Å²) in [5.41, 5.74) is 0.437. The normalized spacial score (nSPS) is 21.4. The minimum absolute atomic E-state index is 0.0327. The van der Waals surface area contributed by atoms with Gasteiger partial charge in [-0.15, -0.1) is 0 Å². The molecular weight excluding hydrogens is 332 g/mol. The largest absolute Gasteiger partial charge is 0.491 e. The monoisotopic (exact) mass is 358 g/mol. The minimum atomic E-state index is -1.03. The molecule has 0 aromatic heterocycles. The van der Waals surface area contributed by atoms with E-state index in [1.807, 2.05) is 0 Å². The Kier molecular flexibility index (Phi) is 7.79. The summed E-state index contributed by atoms with van der Waals surface area (Å²) in [6.07, 6.45) is 7.20. The molecule has 25 heavy (non-hydrogen) atoms. The lowest BCUT2D eigenvalue weighted by Gasteiger charge is -2.29. The Bertz CT molecular complexity index is 577. The quantitative estimate of drug-likeness (QED) is 0.374.